The van der Waals surface area contributed by atoms with Gasteiger partial charge < -0.3 is 20.3 Å². The first-order valence-electron chi connectivity index (χ1n) is 9.07. The summed E-state index contributed by atoms with van der Waals surface area (Å²) in [6, 6.07) is 13.7. The van der Waals surface area contributed by atoms with E-state index in [0.717, 1.165) is 11.1 Å². The van der Waals surface area contributed by atoms with E-state index < -0.39 is 11.5 Å². The summed E-state index contributed by atoms with van der Waals surface area (Å²) in [5, 5.41) is 22.8. The summed E-state index contributed by atoms with van der Waals surface area (Å²) in [4.78, 5) is 13.3. The van der Waals surface area contributed by atoms with Gasteiger partial charge in [-0.1, -0.05) is 35.9 Å². The number of aliphatic hydroxyl groups excluding tert-OH is 1. The summed E-state index contributed by atoms with van der Waals surface area (Å²) in [5.74, 6) is 0.0661. The van der Waals surface area contributed by atoms with E-state index in [0.29, 0.717) is 37.5 Å². The lowest BCUT2D eigenvalue weighted by molar-refractivity contribution is -0.131. The van der Waals surface area contributed by atoms with Gasteiger partial charge in [-0.15, -0.1) is 0 Å². The highest BCUT2D eigenvalue weighted by Crippen LogP contribution is 2.36. The van der Waals surface area contributed by atoms with Crippen molar-refractivity contribution in [1.82, 2.24) is 5.32 Å². The predicted octanol–water partition coefficient (Wildman–Crippen LogP) is 2.81. The van der Waals surface area contributed by atoms with Crippen molar-refractivity contribution in [2.75, 3.05) is 19.8 Å². The summed E-state index contributed by atoms with van der Waals surface area (Å²) in [5.41, 5.74) is 1.08. The Morgan fingerprint density at radius 1 is 1.19 bits per heavy atom. The molecule has 6 heteroatoms. The van der Waals surface area contributed by atoms with E-state index >= 15 is 0 Å². The van der Waals surface area contributed by atoms with E-state index in [1.54, 1.807) is 30.3 Å². The summed E-state index contributed by atoms with van der Waals surface area (Å²) in [6.45, 7) is 0.831. The quantitative estimate of drug-likeness (QED) is 0.709. The number of phenolic OH excluding ortho intramolecular Hbond substituents is 1. The minimum absolute atomic E-state index is 0.120. The molecule has 3 rings (SSSR count). The van der Waals surface area contributed by atoms with Crippen LogP contribution < -0.4 is 5.32 Å². The van der Waals surface area contributed by atoms with Crippen molar-refractivity contribution in [3.63, 3.8) is 0 Å². The van der Waals surface area contributed by atoms with Gasteiger partial charge in [0.1, 0.15) is 5.75 Å². The molecule has 0 aliphatic carbocycles. The number of hydrogen-bond donors (Lipinski definition) is 3. The zero-order chi connectivity index (χ0) is 19.3. The lowest BCUT2D eigenvalue weighted by Gasteiger charge is -2.37. The second-order valence-corrected chi connectivity index (χ2v) is 7.36. The molecule has 1 saturated heterocycles. The average Bonchev–Trinajstić information content (AvgIpc) is 2.69. The van der Waals surface area contributed by atoms with Gasteiger partial charge in [0.15, 0.2) is 0 Å². The zero-order valence-corrected chi connectivity index (χ0v) is 15.8. The van der Waals surface area contributed by atoms with Crippen molar-refractivity contribution in [3.05, 3.63) is 64.7 Å². The summed E-state index contributed by atoms with van der Waals surface area (Å²) >= 11 is 6.16. The lowest BCUT2D eigenvalue weighted by atomic mass is 9.73. The Kier molecular flexibility index (Phi) is 6.37. The Morgan fingerprint density at radius 3 is 2.52 bits per heavy atom. The van der Waals surface area contributed by atoms with Crippen LogP contribution in [0.2, 0.25) is 5.02 Å². The van der Waals surface area contributed by atoms with Crippen LogP contribution in [0.1, 0.15) is 24.0 Å². The number of benzene rings is 2. The van der Waals surface area contributed by atoms with Gasteiger partial charge in [-0.25, -0.2) is 0 Å². The molecule has 27 heavy (non-hydrogen) atoms. The highest BCUT2D eigenvalue weighted by atomic mass is 35.5. The van der Waals surface area contributed by atoms with E-state index in [-0.39, 0.29) is 18.3 Å². The molecule has 3 N–H and O–H groups in total. The van der Waals surface area contributed by atoms with Gasteiger partial charge in [-0.2, -0.15) is 0 Å². The molecule has 5 nitrogen and oxygen atoms in total. The van der Waals surface area contributed by atoms with Gasteiger partial charge in [0.25, 0.3) is 0 Å². The predicted molar refractivity (Wildman–Crippen MR) is 104 cm³/mol. The molecule has 0 aromatic heterocycles. The van der Waals surface area contributed by atoms with Crippen LogP contribution in [0.4, 0.5) is 0 Å². The third-order valence-corrected chi connectivity index (χ3v) is 5.37. The number of ether oxygens (including phenoxy) is 1. The number of carbonyl (C=O) groups is 1. The van der Waals surface area contributed by atoms with Crippen LogP contribution in [-0.4, -0.2) is 42.0 Å². The molecule has 0 radical (unpaired) electrons. The Morgan fingerprint density at radius 2 is 1.89 bits per heavy atom. The zero-order valence-electron chi connectivity index (χ0n) is 15.0. The fourth-order valence-electron chi connectivity index (χ4n) is 3.55. The highest BCUT2D eigenvalue weighted by Gasteiger charge is 2.42. The number of amides is 1. The maximum Gasteiger partial charge on any atom is 0.231 e. The average molecular weight is 390 g/mol. The topological polar surface area (TPSA) is 78.8 Å². The standard InChI is InChI=1S/C21H24ClNO4/c22-17-3-1-2-16(13-17)21(8-10-27-11-9-21)20(26)23-18(14-24)12-15-4-6-19(25)7-5-15/h1-7,13,18,24-25H,8-12,14H2,(H,23,26)/t18-/m0/s1. The molecule has 2 aromatic rings. The number of carbonyl (C=O) groups excluding carboxylic acids is 1. The molecule has 1 atom stereocenters. The lowest BCUT2D eigenvalue weighted by Crippen LogP contribution is -2.52. The van der Waals surface area contributed by atoms with E-state index in [1.807, 2.05) is 18.2 Å². The maximum absolute atomic E-state index is 13.3. The summed E-state index contributed by atoms with van der Waals surface area (Å²) < 4.78 is 5.48. The number of rotatable bonds is 6. The molecule has 0 saturated carbocycles. The van der Waals surface area contributed by atoms with Crippen LogP contribution in [0.5, 0.6) is 5.75 Å². The smallest absolute Gasteiger partial charge is 0.231 e. The van der Waals surface area contributed by atoms with Crippen molar-refractivity contribution < 1.29 is 19.7 Å². The highest BCUT2D eigenvalue weighted by molar-refractivity contribution is 6.30. The number of halogens is 1. The first-order valence-corrected chi connectivity index (χ1v) is 9.45. The number of aromatic hydroxyl groups is 1. The fourth-order valence-corrected chi connectivity index (χ4v) is 3.74. The molecule has 1 aliphatic heterocycles. The first-order chi connectivity index (χ1) is 13.0. The molecular weight excluding hydrogens is 366 g/mol. The second-order valence-electron chi connectivity index (χ2n) is 6.93. The Hall–Kier alpha value is -2.08. The van der Waals surface area contributed by atoms with Crippen molar-refractivity contribution >= 4 is 17.5 Å². The van der Waals surface area contributed by atoms with Crippen LogP contribution in [-0.2, 0) is 21.4 Å². The van der Waals surface area contributed by atoms with E-state index in [1.165, 1.54) is 0 Å². The van der Waals surface area contributed by atoms with Crippen molar-refractivity contribution in [2.45, 2.75) is 30.7 Å². The molecule has 144 valence electrons. The summed E-state index contributed by atoms with van der Waals surface area (Å²) in [7, 11) is 0. The minimum Gasteiger partial charge on any atom is -0.508 e. The monoisotopic (exact) mass is 389 g/mol. The van der Waals surface area contributed by atoms with E-state index in [4.69, 9.17) is 16.3 Å². The minimum atomic E-state index is -0.717. The molecule has 2 aromatic carbocycles. The number of phenols is 1. The fraction of sp³-hybridized carbons (Fsp3) is 0.381. The Labute approximate surface area is 163 Å². The van der Waals surface area contributed by atoms with E-state index in [9.17, 15) is 15.0 Å². The first kappa shape index (κ1) is 19.7. The normalized spacial score (nSPS) is 17.3. The number of hydrogen-bond acceptors (Lipinski definition) is 4. The van der Waals surface area contributed by atoms with Crippen molar-refractivity contribution in [3.8, 4) is 5.75 Å². The number of aliphatic hydroxyl groups is 1. The van der Waals surface area contributed by atoms with Gasteiger partial charge >= 0.3 is 0 Å². The Balaban J connectivity index is 1.80. The molecule has 1 aliphatic rings. The molecule has 0 spiro atoms. The van der Waals surface area contributed by atoms with Crippen LogP contribution in [0.25, 0.3) is 0 Å². The van der Waals surface area contributed by atoms with E-state index in [2.05, 4.69) is 5.32 Å². The number of nitrogens with one attached hydrogen (secondary N) is 1. The second kappa shape index (κ2) is 8.74. The van der Waals surface area contributed by atoms with Crippen LogP contribution >= 0.6 is 11.6 Å². The molecule has 0 bridgehead atoms. The van der Waals surface area contributed by atoms with Crippen LogP contribution in [0, 0.1) is 0 Å². The van der Waals surface area contributed by atoms with Gasteiger partial charge in [-0.3, -0.25) is 4.79 Å². The molecular formula is C21H24ClNO4. The summed E-state index contributed by atoms with van der Waals surface area (Å²) in [6.07, 6.45) is 1.61. The van der Waals surface area contributed by atoms with Gasteiger partial charge in [0.05, 0.1) is 18.1 Å². The molecule has 1 fully saturated rings. The molecule has 0 unspecified atom stereocenters. The van der Waals surface area contributed by atoms with Crippen LogP contribution in [0.15, 0.2) is 48.5 Å². The third-order valence-electron chi connectivity index (χ3n) is 5.13. The Bertz CT molecular complexity index is 772. The van der Waals surface area contributed by atoms with Crippen molar-refractivity contribution in [1.29, 1.82) is 0 Å². The molecule has 1 heterocycles. The van der Waals surface area contributed by atoms with Gasteiger partial charge in [0.2, 0.25) is 5.91 Å². The molecule has 1 amide bonds. The van der Waals surface area contributed by atoms with Crippen LogP contribution in [0.3, 0.4) is 0 Å². The van der Waals surface area contributed by atoms with Crippen molar-refractivity contribution in [2.24, 2.45) is 0 Å². The SMILES string of the molecule is O=C(N[C@H](CO)Cc1ccc(O)cc1)C1(c2cccc(Cl)c2)CCOCC1. The maximum atomic E-state index is 13.3. The third kappa shape index (κ3) is 4.61. The largest absolute Gasteiger partial charge is 0.508 e. The van der Waals surface area contributed by atoms with Gasteiger partial charge in [-0.05, 0) is 54.7 Å². The van der Waals surface area contributed by atoms with Gasteiger partial charge in [0, 0.05) is 18.2 Å².